The average molecular weight is 237 g/mol. The summed E-state index contributed by atoms with van der Waals surface area (Å²) in [7, 11) is 3.59. The van der Waals surface area contributed by atoms with Gasteiger partial charge < -0.3 is 5.32 Å². The molecule has 1 N–H and O–H groups in total. The monoisotopic (exact) mass is 237 g/mol. The molecule has 3 nitrogen and oxygen atoms in total. The van der Waals surface area contributed by atoms with Crippen LogP contribution in [0.4, 0.5) is 8.78 Å². The second-order valence-electron chi connectivity index (χ2n) is 3.78. The zero-order valence-corrected chi connectivity index (χ0v) is 9.67. The van der Waals surface area contributed by atoms with E-state index in [1.54, 1.807) is 25.0 Å². The fourth-order valence-corrected chi connectivity index (χ4v) is 1.77. The van der Waals surface area contributed by atoms with Crippen LogP contribution < -0.4 is 5.32 Å². The summed E-state index contributed by atoms with van der Waals surface area (Å²) in [6, 6.07) is 3.56. The van der Waals surface area contributed by atoms with Crippen molar-refractivity contribution in [2.75, 3.05) is 7.05 Å². The van der Waals surface area contributed by atoms with E-state index in [1.165, 1.54) is 12.1 Å². The molecular formula is C12H13F2N3. The van der Waals surface area contributed by atoms with Crippen LogP contribution >= 0.6 is 0 Å². The number of benzene rings is 1. The third-order valence-corrected chi connectivity index (χ3v) is 2.63. The summed E-state index contributed by atoms with van der Waals surface area (Å²) in [6.07, 6.45) is 1.59. The Labute approximate surface area is 98.1 Å². The Morgan fingerprint density at radius 1 is 1.29 bits per heavy atom. The van der Waals surface area contributed by atoms with Gasteiger partial charge in [-0.3, -0.25) is 4.68 Å². The maximum Gasteiger partial charge on any atom is 0.134 e. The van der Waals surface area contributed by atoms with Crippen LogP contribution in [0, 0.1) is 11.6 Å². The Balaban J connectivity index is 2.52. The van der Waals surface area contributed by atoms with Crippen LogP contribution in [0.2, 0.25) is 0 Å². The largest absolute Gasteiger partial charge is 0.314 e. The minimum atomic E-state index is -0.578. The normalized spacial score (nSPS) is 10.8. The van der Waals surface area contributed by atoms with Gasteiger partial charge in [0.25, 0.3) is 0 Å². The molecule has 0 aliphatic heterocycles. The molecule has 0 saturated heterocycles. The SMILES string of the molecule is CNCc1c(-c2ccc(F)cc2F)cnn1C. The van der Waals surface area contributed by atoms with Gasteiger partial charge >= 0.3 is 0 Å². The molecule has 90 valence electrons. The third-order valence-electron chi connectivity index (χ3n) is 2.63. The van der Waals surface area contributed by atoms with E-state index in [0.717, 1.165) is 11.8 Å². The molecule has 0 bridgehead atoms. The van der Waals surface area contributed by atoms with Crippen molar-refractivity contribution in [3.63, 3.8) is 0 Å². The Morgan fingerprint density at radius 3 is 2.71 bits per heavy atom. The Kier molecular flexibility index (Phi) is 3.19. The summed E-state index contributed by atoms with van der Waals surface area (Å²) in [5.41, 5.74) is 1.90. The number of aromatic nitrogens is 2. The van der Waals surface area contributed by atoms with Crippen molar-refractivity contribution in [3.8, 4) is 11.1 Å². The van der Waals surface area contributed by atoms with Crippen molar-refractivity contribution < 1.29 is 8.78 Å². The first-order valence-corrected chi connectivity index (χ1v) is 5.24. The molecule has 0 radical (unpaired) electrons. The zero-order valence-electron chi connectivity index (χ0n) is 9.67. The summed E-state index contributed by atoms with van der Waals surface area (Å²) in [4.78, 5) is 0. The van der Waals surface area contributed by atoms with Crippen LogP contribution in [0.15, 0.2) is 24.4 Å². The van der Waals surface area contributed by atoms with Gasteiger partial charge in [0.1, 0.15) is 11.6 Å². The van der Waals surface area contributed by atoms with E-state index in [1.807, 2.05) is 0 Å². The molecule has 17 heavy (non-hydrogen) atoms. The highest BCUT2D eigenvalue weighted by atomic mass is 19.1. The van der Waals surface area contributed by atoms with Crippen LogP contribution in [0.3, 0.4) is 0 Å². The number of halogens is 2. The first-order chi connectivity index (χ1) is 8.13. The molecule has 0 spiro atoms. The molecule has 0 saturated carbocycles. The van der Waals surface area contributed by atoms with Crippen LogP contribution in [0.25, 0.3) is 11.1 Å². The molecule has 0 fully saturated rings. The zero-order chi connectivity index (χ0) is 12.4. The van der Waals surface area contributed by atoms with E-state index < -0.39 is 11.6 Å². The van der Waals surface area contributed by atoms with Gasteiger partial charge in [0.2, 0.25) is 0 Å². The lowest BCUT2D eigenvalue weighted by Gasteiger charge is -2.06. The number of aryl methyl sites for hydroxylation is 1. The van der Waals surface area contributed by atoms with E-state index in [2.05, 4.69) is 10.4 Å². The van der Waals surface area contributed by atoms with Crippen LogP contribution in [-0.4, -0.2) is 16.8 Å². The van der Waals surface area contributed by atoms with Crippen molar-refractivity contribution in [2.24, 2.45) is 7.05 Å². The molecule has 1 aromatic heterocycles. The van der Waals surface area contributed by atoms with Crippen LogP contribution in [-0.2, 0) is 13.6 Å². The lowest BCUT2D eigenvalue weighted by Crippen LogP contribution is -2.10. The van der Waals surface area contributed by atoms with Crippen molar-refractivity contribution >= 4 is 0 Å². The van der Waals surface area contributed by atoms with E-state index >= 15 is 0 Å². The third kappa shape index (κ3) is 2.19. The number of nitrogens with zero attached hydrogens (tertiary/aromatic N) is 2. The number of hydrogen-bond acceptors (Lipinski definition) is 2. The van der Waals surface area contributed by atoms with Crippen LogP contribution in [0.1, 0.15) is 5.69 Å². The highest BCUT2D eigenvalue weighted by molar-refractivity contribution is 5.66. The lowest BCUT2D eigenvalue weighted by atomic mass is 10.1. The maximum atomic E-state index is 13.7. The van der Waals surface area contributed by atoms with Gasteiger partial charge in [-0.15, -0.1) is 0 Å². The number of rotatable bonds is 3. The topological polar surface area (TPSA) is 29.9 Å². The summed E-state index contributed by atoms with van der Waals surface area (Å²) in [5, 5.41) is 7.09. The standard InChI is InChI=1S/C12H13F2N3/c1-15-7-12-10(6-16-17(12)2)9-4-3-8(13)5-11(9)14/h3-6,15H,7H2,1-2H3. The van der Waals surface area contributed by atoms with Crippen molar-refractivity contribution in [3.05, 3.63) is 41.7 Å². The summed E-state index contributed by atoms with van der Waals surface area (Å²) >= 11 is 0. The molecule has 5 heteroatoms. The Morgan fingerprint density at radius 2 is 2.06 bits per heavy atom. The molecule has 0 aliphatic rings. The van der Waals surface area contributed by atoms with Gasteiger partial charge in [0.15, 0.2) is 0 Å². The summed E-state index contributed by atoms with van der Waals surface area (Å²) in [6.45, 7) is 0.572. The smallest absolute Gasteiger partial charge is 0.134 e. The summed E-state index contributed by atoms with van der Waals surface area (Å²) < 4.78 is 28.2. The predicted octanol–water partition coefficient (Wildman–Crippen LogP) is 2.08. The van der Waals surface area contributed by atoms with E-state index in [0.29, 0.717) is 17.7 Å². The maximum absolute atomic E-state index is 13.7. The molecule has 1 heterocycles. The predicted molar refractivity (Wildman–Crippen MR) is 61.3 cm³/mol. The number of nitrogens with one attached hydrogen (secondary N) is 1. The Bertz CT molecular complexity index is 535. The van der Waals surface area contributed by atoms with Gasteiger partial charge in [-0.25, -0.2) is 8.78 Å². The van der Waals surface area contributed by atoms with E-state index in [9.17, 15) is 8.78 Å². The lowest BCUT2D eigenvalue weighted by molar-refractivity contribution is 0.585. The average Bonchev–Trinajstić information content (AvgIpc) is 2.62. The molecule has 1 aromatic carbocycles. The highest BCUT2D eigenvalue weighted by Gasteiger charge is 2.13. The quantitative estimate of drug-likeness (QED) is 0.885. The molecule has 0 unspecified atom stereocenters. The molecular weight excluding hydrogens is 224 g/mol. The van der Waals surface area contributed by atoms with Gasteiger partial charge in [0, 0.05) is 30.8 Å². The number of hydrogen-bond donors (Lipinski definition) is 1. The fraction of sp³-hybridized carbons (Fsp3) is 0.250. The second kappa shape index (κ2) is 4.63. The van der Waals surface area contributed by atoms with Crippen molar-refractivity contribution in [1.29, 1.82) is 0 Å². The molecule has 0 aliphatic carbocycles. The highest BCUT2D eigenvalue weighted by Crippen LogP contribution is 2.26. The summed E-state index contributed by atoms with van der Waals surface area (Å²) in [5.74, 6) is -1.15. The molecule has 2 rings (SSSR count). The minimum absolute atomic E-state index is 0.366. The van der Waals surface area contributed by atoms with Gasteiger partial charge in [-0.05, 0) is 19.2 Å². The first-order valence-electron chi connectivity index (χ1n) is 5.24. The van der Waals surface area contributed by atoms with Gasteiger partial charge in [-0.2, -0.15) is 5.10 Å². The van der Waals surface area contributed by atoms with Crippen LogP contribution in [0.5, 0.6) is 0 Å². The molecule has 0 amide bonds. The first kappa shape index (κ1) is 11.7. The van der Waals surface area contributed by atoms with Crippen molar-refractivity contribution in [1.82, 2.24) is 15.1 Å². The van der Waals surface area contributed by atoms with Gasteiger partial charge in [0.05, 0.1) is 11.9 Å². The van der Waals surface area contributed by atoms with Crippen molar-refractivity contribution in [2.45, 2.75) is 6.54 Å². The molecule has 0 atom stereocenters. The Hall–Kier alpha value is -1.75. The second-order valence-corrected chi connectivity index (χ2v) is 3.78. The van der Waals surface area contributed by atoms with E-state index in [-0.39, 0.29) is 0 Å². The van der Waals surface area contributed by atoms with E-state index in [4.69, 9.17) is 0 Å². The minimum Gasteiger partial charge on any atom is -0.314 e. The molecule has 2 aromatic rings. The van der Waals surface area contributed by atoms with Gasteiger partial charge in [-0.1, -0.05) is 0 Å². The fourth-order valence-electron chi connectivity index (χ4n) is 1.77.